The van der Waals surface area contributed by atoms with Crippen LogP contribution >= 0.6 is 11.6 Å². The maximum atomic E-state index is 12.6. The Morgan fingerprint density at radius 1 is 1.38 bits per heavy atom. The zero-order valence-electron chi connectivity index (χ0n) is 14.0. The Kier molecular flexibility index (Phi) is 4.65. The summed E-state index contributed by atoms with van der Waals surface area (Å²) in [5.41, 5.74) is 1.98. The number of rotatable bonds is 3. The van der Waals surface area contributed by atoms with Crippen molar-refractivity contribution in [3.8, 4) is 0 Å². The van der Waals surface area contributed by atoms with E-state index in [-0.39, 0.29) is 11.1 Å². The van der Waals surface area contributed by atoms with Gasteiger partial charge in [-0.2, -0.15) is 5.10 Å². The minimum Gasteiger partial charge on any atom is -0.389 e. The number of hydrogen-bond acceptors (Lipinski definition) is 3. The summed E-state index contributed by atoms with van der Waals surface area (Å²) in [7, 11) is 1.74. The van der Waals surface area contributed by atoms with Crippen molar-refractivity contribution in [2.75, 3.05) is 13.1 Å². The van der Waals surface area contributed by atoms with Crippen molar-refractivity contribution in [3.63, 3.8) is 0 Å². The number of amides is 1. The summed E-state index contributed by atoms with van der Waals surface area (Å²) in [6.07, 6.45) is 3.37. The van der Waals surface area contributed by atoms with Gasteiger partial charge >= 0.3 is 0 Å². The second kappa shape index (κ2) is 6.57. The highest BCUT2D eigenvalue weighted by atomic mass is 35.5. The van der Waals surface area contributed by atoms with Gasteiger partial charge in [0.15, 0.2) is 5.15 Å². The SMILES string of the molecule is Cc1cccc(CC2(O)CCN(C(=O)c3cn(C)nc3Cl)CC2)c1. The number of halogens is 1. The summed E-state index contributed by atoms with van der Waals surface area (Å²) in [5, 5.41) is 15.1. The molecule has 5 nitrogen and oxygen atoms in total. The number of piperidine rings is 1. The molecule has 0 saturated carbocycles. The highest BCUT2D eigenvalue weighted by Gasteiger charge is 2.35. The molecular formula is C18H22ClN3O2. The van der Waals surface area contributed by atoms with Gasteiger partial charge in [0.2, 0.25) is 0 Å². The number of aromatic nitrogens is 2. The summed E-state index contributed by atoms with van der Waals surface area (Å²) >= 11 is 6.01. The lowest BCUT2D eigenvalue weighted by Crippen LogP contribution is -2.47. The van der Waals surface area contributed by atoms with Crippen molar-refractivity contribution in [2.45, 2.75) is 31.8 Å². The molecule has 1 aromatic heterocycles. The monoisotopic (exact) mass is 347 g/mol. The largest absolute Gasteiger partial charge is 0.389 e. The first-order valence-corrected chi connectivity index (χ1v) is 8.50. The molecule has 0 spiro atoms. The van der Waals surface area contributed by atoms with Crippen molar-refractivity contribution < 1.29 is 9.90 Å². The third-order valence-electron chi connectivity index (χ3n) is 4.61. The smallest absolute Gasteiger partial charge is 0.258 e. The summed E-state index contributed by atoms with van der Waals surface area (Å²) in [6, 6.07) is 8.20. The predicted molar refractivity (Wildman–Crippen MR) is 93.2 cm³/mol. The summed E-state index contributed by atoms with van der Waals surface area (Å²) in [5.74, 6) is -0.120. The first kappa shape index (κ1) is 17.0. The minimum absolute atomic E-state index is 0.120. The molecule has 1 aliphatic rings. The highest BCUT2D eigenvalue weighted by molar-refractivity contribution is 6.32. The van der Waals surface area contributed by atoms with Gasteiger partial charge in [-0.15, -0.1) is 0 Å². The van der Waals surface area contributed by atoms with E-state index in [4.69, 9.17) is 11.6 Å². The van der Waals surface area contributed by atoms with Crippen LogP contribution < -0.4 is 0 Å². The van der Waals surface area contributed by atoms with Crippen LogP contribution in [0, 0.1) is 6.92 Å². The van der Waals surface area contributed by atoms with Gasteiger partial charge in [-0.3, -0.25) is 9.48 Å². The number of hydrogen-bond donors (Lipinski definition) is 1. The van der Waals surface area contributed by atoms with Crippen LogP contribution in [0.5, 0.6) is 0 Å². The Bertz CT molecular complexity index is 748. The molecule has 0 unspecified atom stereocenters. The van der Waals surface area contributed by atoms with E-state index in [2.05, 4.69) is 11.2 Å². The zero-order valence-corrected chi connectivity index (χ0v) is 14.8. The van der Waals surface area contributed by atoms with E-state index in [9.17, 15) is 9.90 Å². The molecule has 3 rings (SSSR count). The van der Waals surface area contributed by atoms with Gasteiger partial charge in [-0.05, 0) is 25.3 Å². The van der Waals surface area contributed by atoms with Crippen molar-refractivity contribution >= 4 is 17.5 Å². The molecule has 0 radical (unpaired) electrons. The number of carbonyl (C=O) groups is 1. The fraction of sp³-hybridized carbons (Fsp3) is 0.444. The Hall–Kier alpha value is -1.85. The fourth-order valence-corrected chi connectivity index (χ4v) is 3.53. The summed E-state index contributed by atoms with van der Waals surface area (Å²) in [4.78, 5) is 14.3. The van der Waals surface area contributed by atoms with E-state index in [1.54, 1.807) is 18.1 Å². The lowest BCUT2D eigenvalue weighted by Gasteiger charge is -2.38. The van der Waals surface area contributed by atoms with Crippen molar-refractivity contribution in [1.82, 2.24) is 14.7 Å². The van der Waals surface area contributed by atoms with Gasteiger partial charge in [0, 0.05) is 32.8 Å². The van der Waals surface area contributed by atoms with Crippen LogP contribution in [0.2, 0.25) is 5.15 Å². The Balaban J connectivity index is 1.64. The van der Waals surface area contributed by atoms with Gasteiger partial charge in [-0.1, -0.05) is 41.4 Å². The Labute approximate surface area is 146 Å². The number of likely N-dealkylation sites (tertiary alicyclic amines) is 1. The van der Waals surface area contributed by atoms with E-state index in [1.165, 1.54) is 10.2 Å². The molecule has 2 aromatic rings. The van der Waals surface area contributed by atoms with Crippen LogP contribution in [0.15, 0.2) is 30.5 Å². The molecule has 1 N–H and O–H groups in total. The Morgan fingerprint density at radius 3 is 2.67 bits per heavy atom. The normalized spacial score (nSPS) is 17.1. The van der Waals surface area contributed by atoms with E-state index >= 15 is 0 Å². The zero-order chi connectivity index (χ0) is 17.3. The number of benzene rings is 1. The molecule has 0 aliphatic carbocycles. The molecule has 0 bridgehead atoms. The fourth-order valence-electron chi connectivity index (χ4n) is 3.28. The first-order chi connectivity index (χ1) is 11.4. The molecule has 1 aromatic carbocycles. The first-order valence-electron chi connectivity index (χ1n) is 8.13. The van der Waals surface area contributed by atoms with Gasteiger partial charge in [-0.25, -0.2) is 0 Å². The highest BCUT2D eigenvalue weighted by Crippen LogP contribution is 2.28. The number of nitrogens with zero attached hydrogens (tertiary/aromatic N) is 3. The number of carbonyl (C=O) groups excluding carboxylic acids is 1. The van der Waals surface area contributed by atoms with E-state index in [0.717, 1.165) is 5.56 Å². The average Bonchev–Trinajstić information content (AvgIpc) is 2.85. The van der Waals surface area contributed by atoms with Crippen LogP contribution in [0.25, 0.3) is 0 Å². The maximum absolute atomic E-state index is 12.6. The average molecular weight is 348 g/mol. The second-order valence-corrected chi connectivity index (χ2v) is 7.05. The van der Waals surface area contributed by atoms with Crippen molar-refractivity contribution in [1.29, 1.82) is 0 Å². The minimum atomic E-state index is -0.761. The van der Waals surface area contributed by atoms with Crippen molar-refractivity contribution in [3.05, 3.63) is 52.3 Å². The summed E-state index contributed by atoms with van der Waals surface area (Å²) < 4.78 is 1.54. The molecular weight excluding hydrogens is 326 g/mol. The maximum Gasteiger partial charge on any atom is 0.258 e. The van der Waals surface area contributed by atoms with Crippen molar-refractivity contribution in [2.24, 2.45) is 7.05 Å². The molecule has 2 heterocycles. The standard InChI is InChI=1S/C18H22ClN3O2/c1-13-4-3-5-14(10-13)11-18(24)6-8-22(9-7-18)17(23)15-12-21(2)20-16(15)19/h3-5,10,12,24H,6-9,11H2,1-2H3. The van der Waals surface area contributed by atoms with Gasteiger partial charge in [0.05, 0.1) is 11.2 Å². The molecule has 1 saturated heterocycles. The van der Waals surface area contributed by atoms with Crippen LogP contribution in [-0.4, -0.2) is 44.4 Å². The molecule has 0 atom stereocenters. The van der Waals surface area contributed by atoms with Gasteiger partial charge in [0.25, 0.3) is 5.91 Å². The van der Waals surface area contributed by atoms with Crippen LogP contribution in [0.3, 0.4) is 0 Å². The summed E-state index contributed by atoms with van der Waals surface area (Å²) in [6.45, 7) is 3.09. The van der Waals surface area contributed by atoms with Crippen LogP contribution in [0.1, 0.15) is 34.3 Å². The predicted octanol–water partition coefficient (Wildman–Crippen LogP) is 2.59. The van der Waals surface area contributed by atoms with Crippen LogP contribution in [-0.2, 0) is 13.5 Å². The molecule has 6 heteroatoms. The molecule has 1 amide bonds. The number of aryl methyl sites for hydroxylation is 2. The quantitative estimate of drug-likeness (QED) is 0.928. The third-order valence-corrected chi connectivity index (χ3v) is 4.89. The number of aliphatic hydroxyl groups is 1. The molecule has 24 heavy (non-hydrogen) atoms. The molecule has 1 fully saturated rings. The topological polar surface area (TPSA) is 58.4 Å². The lowest BCUT2D eigenvalue weighted by molar-refractivity contribution is -0.0162. The Morgan fingerprint density at radius 2 is 2.08 bits per heavy atom. The molecule has 128 valence electrons. The molecule has 1 aliphatic heterocycles. The van der Waals surface area contributed by atoms with E-state index in [1.807, 2.05) is 25.1 Å². The second-order valence-electron chi connectivity index (χ2n) is 6.69. The van der Waals surface area contributed by atoms with Gasteiger partial charge in [0.1, 0.15) is 0 Å². The van der Waals surface area contributed by atoms with E-state index in [0.29, 0.717) is 37.9 Å². The van der Waals surface area contributed by atoms with Gasteiger partial charge < -0.3 is 10.0 Å². The van der Waals surface area contributed by atoms with Crippen LogP contribution in [0.4, 0.5) is 0 Å². The third kappa shape index (κ3) is 3.62. The lowest BCUT2D eigenvalue weighted by atomic mass is 9.85. The van der Waals surface area contributed by atoms with E-state index < -0.39 is 5.60 Å².